The average Bonchev–Trinajstić information content (AvgIpc) is 2.58. The first kappa shape index (κ1) is 9.66. The van der Waals surface area contributed by atoms with Crippen LogP contribution in [0.25, 0.3) is 11.3 Å². The zero-order chi connectivity index (χ0) is 11.3. The first-order valence-corrected chi connectivity index (χ1v) is 5.43. The lowest BCUT2D eigenvalue weighted by Gasteiger charge is -2.26. The monoisotopic (exact) mass is 234 g/mol. The van der Waals surface area contributed by atoms with E-state index < -0.39 is 0 Å². The van der Waals surface area contributed by atoms with E-state index in [1.165, 1.54) is 5.56 Å². The van der Waals surface area contributed by atoms with Gasteiger partial charge in [0.2, 0.25) is 0 Å². The molecule has 0 fully saturated rings. The van der Waals surface area contributed by atoms with Crippen LogP contribution in [0.3, 0.4) is 0 Å². The van der Waals surface area contributed by atoms with Gasteiger partial charge in [-0.15, -0.1) is 0 Å². The van der Waals surface area contributed by atoms with Crippen molar-refractivity contribution in [3.8, 4) is 11.3 Å². The summed E-state index contributed by atoms with van der Waals surface area (Å²) in [4.78, 5) is 6.22. The van der Waals surface area contributed by atoms with Crippen LogP contribution in [-0.4, -0.2) is 21.8 Å². The standard InChI is InChI=1S/C11H11ClN4/c1-15-5-7-6-16(2)14-9(7)8-3-4-13-11(12)10(8)15/h3-4,6H,5H2,1-2H3. The molecule has 0 unspecified atom stereocenters. The van der Waals surface area contributed by atoms with Crippen molar-refractivity contribution >= 4 is 17.3 Å². The van der Waals surface area contributed by atoms with Crippen molar-refractivity contribution in [2.45, 2.75) is 6.54 Å². The molecule has 4 nitrogen and oxygen atoms in total. The first-order valence-electron chi connectivity index (χ1n) is 5.05. The summed E-state index contributed by atoms with van der Waals surface area (Å²) in [5.41, 5.74) is 4.26. The van der Waals surface area contributed by atoms with Gasteiger partial charge >= 0.3 is 0 Å². The smallest absolute Gasteiger partial charge is 0.152 e. The van der Waals surface area contributed by atoms with Crippen LogP contribution in [0.4, 0.5) is 5.69 Å². The van der Waals surface area contributed by atoms with Crippen molar-refractivity contribution < 1.29 is 0 Å². The van der Waals surface area contributed by atoms with E-state index in [2.05, 4.69) is 15.0 Å². The Morgan fingerprint density at radius 1 is 1.38 bits per heavy atom. The number of pyridine rings is 1. The molecule has 16 heavy (non-hydrogen) atoms. The zero-order valence-electron chi connectivity index (χ0n) is 9.11. The van der Waals surface area contributed by atoms with E-state index in [9.17, 15) is 0 Å². The van der Waals surface area contributed by atoms with E-state index in [1.54, 1.807) is 6.20 Å². The van der Waals surface area contributed by atoms with Crippen molar-refractivity contribution in [2.75, 3.05) is 11.9 Å². The Labute approximate surface area is 98.5 Å². The van der Waals surface area contributed by atoms with Crippen LogP contribution in [0.2, 0.25) is 5.15 Å². The molecular weight excluding hydrogens is 224 g/mol. The predicted molar refractivity (Wildman–Crippen MR) is 63.6 cm³/mol. The molecule has 82 valence electrons. The highest BCUT2D eigenvalue weighted by Crippen LogP contribution is 2.40. The molecule has 0 aliphatic carbocycles. The van der Waals surface area contributed by atoms with Crippen LogP contribution in [0.5, 0.6) is 0 Å². The molecule has 0 spiro atoms. The minimum atomic E-state index is 0.538. The number of nitrogens with zero attached hydrogens (tertiary/aromatic N) is 4. The fourth-order valence-electron chi connectivity index (χ4n) is 2.20. The highest BCUT2D eigenvalue weighted by atomic mass is 35.5. The molecule has 0 radical (unpaired) electrons. The van der Waals surface area contributed by atoms with Gasteiger partial charge in [-0.25, -0.2) is 4.98 Å². The Bertz CT molecular complexity index is 561. The number of anilines is 1. The Hall–Kier alpha value is -1.55. The van der Waals surface area contributed by atoms with Gasteiger partial charge < -0.3 is 4.90 Å². The largest absolute Gasteiger partial charge is 0.367 e. The number of aromatic nitrogens is 3. The minimum Gasteiger partial charge on any atom is -0.367 e. The number of halogens is 1. The normalized spacial score (nSPS) is 13.6. The maximum absolute atomic E-state index is 6.12. The van der Waals surface area contributed by atoms with Gasteiger partial charge in [0.25, 0.3) is 0 Å². The summed E-state index contributed by atoms with van der Waals surface area (Å²) >= 11 is 6.12. The van der Waals surface area contributed by atoms with E-state index in [1.807, 2.05) is 31.0 Å². The molecule has 0 amide bonds. The summed E-state index contributed by atoms with van der Waals surface area (Å²) in [5, 5.41) is 5.01. The molecule has 0 saturated carbocycles. The third kappa shape index (κ3) is 1.23. The van der Waals surface area contributed by atoms with Gasteiger partial charge in [0.15, 0.2) is 5.15 Å². The summed E-state index contributed by atoms with van der Waals surface area (Å²) in [7, 11) is 3.95. The summed E-state index contributed by atoms with van der Waals surface area (Å²) < 4.78 is 1.84. The van der Waals surface area contributed by atoms with Crippen LogP contribution in [-0.2, 0) is 13.6 Å². The molecule has 3 heterocycles. The van der Waals surface area contributed by atoms with Gasteiger partial charge in [0, 0.05) is 44.2 Å². The fourth-order valence-corrected chi connectivity index (χ4v) is 2.50. The van der Waals surface area contributed by atoms with Crippen molar-refractivity contribution in [1.82, 2.24) is 14.8 Å². The Morgan fingerprint density at radius 3 is 3.00 bits per heavy atom. The van der Waals surface area contributed by atoms with E-state index in [0.717, 1.165) is 23.5 Å². The molecular formula is C11H11ClN4. The zero-order valence-corrected chi connectivity index (χ0v) is 9.86. The van der Waals surface area contributed by atoms with E-state index in [-0.39, 0.29) is 0 Å². The van der Waals surface area contributed by atoms with Crippen LogP contribution < -0.4 is 4.90 Å². The van der Waals surface area contributed by atoms with Gasteiger partial charge in [-0.1, -0.05) is 11.6 Å². The summed E-state index contributed by atoms with van der Waals surface area (Å²) in [6.07, 6.45) is 3.77. The second-order valence-electron chi connectivity index (χ2n) is 4.03. The lowest BCUT2D eigenvalue weighted by Crippen LogP contribution is -2.21. The third-order valence-corrected chi connectivity index (χ3v) is 3.11. The number of hydrogen-bond acceptors (Lipinski definition) is 3. The molecule has 2 aromatic heterocycles. The Kier molecular flexibility index (Phi) is 1.94. The van der Waals surface area contributed by atoms with E-state index in [4.69, 9.17) is 11.6 Å². The van der Waals surface area contributed by atoms with Crippen LogP contribution >= 0.6 is 11.6 Å². The summed E-state index contributed by atoms with van der Waals surface area (Å²) in [6.45, 7) is 0.821. The van der Waals surface area contributed by atoms with Crippen molar-refractivity contribution in [1.29, 1.82) is 0 Å². The molecule has 3 rings (SSSR count). The average molecular weight is 235 g/mol. The molecule has 1 aliphatic rings. The molecule has 0 N–H and O–H groups in total. The molecule has 0 saturated heterocycles. The van der Waals surface area contributed by atoms with Crippen molar-refractivity contribution in [3.63, 3.8) is 0 Å². The Balaban J connectivity index is 2.32. The highest BCUT2D eigenvalue weighted by Gasteiger charge is 2.24. The second kappa shape index (κ2) is 3.22. The quantitative estimate of drug-likeness (QED) is 0.655. The van der Waals surface area contributed by atoms with Gasteiger partial charge in [-0.3, -0.25) is 4.68 Å². The van der Waals surface area contributed by atoms with E-state index in [0.29, 0.717) is 5.15 Å². The minimum absolute atomic E-state index is 0.538. The summed E-state index contributed by atoms with van der Waals surface area (Å²) in [5.74, 6) is 0. The molecule has 2 aromatic rings. The topological polar surface area (TPSA) is 34.0 Å². The lowest BCUT2D eigenvalue weighted by molar-refractivity contribution is 0.770. The lowest BCUT2D eigenvalue weighted by atomic mass is 10.0. The van der Waals surface area contributed by atoms with Crippen molar-refractivity contribution in [3.05, 3.63) is 29.2 Å². The molecule has 0 aromatic carbocycles. The maximum atomic E-state index is 6.12. The van der Waals surface area contributed by atoms with Crippen LogP contribution in [0, 0.1) is 0 Å². The van der Waals surface area contributed by atoms with Gasteiger partial charge in [0.05, 0.1) is 11.4 Å². The van der Waals surface area contributed by atoms with E-state index >= 15 is 0 Å². The molecule has 1 aliphatic heterocycles. The maximum Gasteiger partial charge on any atom is 0.152 e. The number of aryl methyl sites for hydroxylation is 1. The highest BCUT2D eigenvalue weighted by molar-refractivity contribution is 6.32. The molecule has 0 bridgehead atoms. The predicted octanol–water partition coefficient (Wildman–Crippen LogP) is 2.09. The second-order valence-corrected chi connectivity index (χ2v) is 4.39. The van der Waals surface area contributed by atoms with Gasteiger partial charge in [-0.2, -0.15) is 5.10 Å². The van der Waals surface area contributed by atoms with Crippen LogP contribution in [0.1, 0.15) is 5.56 Å². The molecule has 5 heteroatoms. The third-order valence-electron chi connectivity index (χ3n) is 2.83. The molecule has 0 atom stereocenters. The van der Waals surface area contributed by atoms with Crippen molar-refractivity contribution in [2.24, 2.45) is 7.05 Å². The number of fused-ring (bicyclic) bond motifs is 3. The summed E-state index contributed by atoms with van der Waals surface area (Å²) in [6, 6.07) is 1.96. The van der Waals surface area contributed by atoms with Gasteiger partial charge in [-0.05, 0) is 6.07 Å². The number of hydrogen-bond donors (Lipinski definition) is 0. The fraction of sp³-hybridized carbons (Fsp3) is 0.273. The Morgan fingerprint density at radius 2 is 2.19 bits per heavy atom. The van der Waals surface area contributed by atoms with Crippen LogP contribution in [0.15, 0.2) is 18.5 Å². The SMILES string of the molecule is CN1Cc2cn(C)nc2-c2ccnc(Cl)c21. The number of rotatable bonds is 0. The first-order chi connectivity index (χ1) is 7.66. The van der Waals surface area contributed by atoms with Gasteiger partial charge in [0.1, 0.15) is 0 Å².